The van der Waals surface area contributed by atoms with Gasteiger partial charge in [-0.15, -0.1) is 0 Å². The molecule has 4 heterocycles. The summed E-state index contributed by atoms with van der Waals surface area (Å²) in [7, 11) is 0. The van der Waals surface area contributed by atoms with Gasteiger partial charge >= 0.3 is 6.03 Å². The number of aromatic nitrogens is 4. The highest BCUT2D eigenvalue weighted by Gasteiger charge is 2.49. The SMILES string of the molecule is O=C1NC(=O)[C@]2(CCC[C@H](Nc3nc(-c4c[nH]c5ncc(Cl)cc45)ncc3F)C2)N1. The largest absolute Gasteiger partial charge is 0.365 e. The summed E-state index contributed by atoms with van der Waals surface area (Å²) in [5, 5.41) is 9.28. The molecular formula is C19H17ClFN7O2. The lowest BCUT2D eigenvalue weighted by molar-refractivity contribution is -0.125. The van der Waals surface area contributed by atoms with Gasteiger partial charge in [0.2, 0.25) is 0 Å². The van der Waals surface area contributed by atoms with Crippen molar-refractivity contribution in [2.45, 2.75) is 37.3 Å². The number of hydrogen-bond acceptors (Lipinski definition) is 6. The molecule has 1 aliphatic heterocycles. The Morgan fingerprint density at radius 1 is 1.27 bits per heavy atom. The van der Waals surface area contributed by atoms with Gasteiger partial charge in [-0.3, -0.25) is 10.1 Å². The second-order valence-corrected chi connectivity index (χ2v) is 8.01. The number of halogens is 2. The van der Waals surface area contributed by atoms with Crippen molar-refractivity contribution in [3.8, 4) is 11.4 Å². The molecule has 0 unspecified atom stereocenters. The van der Waals surface area contributed by atoms with Crippen molar-refractivity contribution in [3.05, 3.63) is 35.5 Å². The van der Waals surface area contributed by atoms with Crippen LogP contribution in [0.1, 0.15) is 25.7 Å². The lowest BCUT2D eigenvalue weighted by Gasteiger charge is -2.35. The van der Waals surface area contributed by atoms with Gasteiger partial charge in [0.1, 0.15) is 11.2 Å². The molecule has 2 aliphatic rings. The van der Waals surface area contributed by atoms with E-state index in [1.54, 1.807) is 12.3 Å². The molecule has 1 saturated carbocycles. The summed E-state index contributed by atoms with van der Waals surface area (Å²) in [5.74, 6) is -0.594. The zero-order chi connectivity index (χ0) is 20.9. The number of urea groups is 1. The van der Waals surface area contributed by atoms with E-state index >= 15 is 0 Å². The molecule has 2 atom stereocenters. The van der Waals surface area contributed by atoms with Gasteiger partial charge in [-0.2, -0.15) is 0 Å². The second-order valence-electron chi connectivity index (χ2n) is 7.57. The van der Waals surface area contributed by atoms with Crippen molar-refractivity contribution in [2.24, 2.45) is 0 Å². The van der Waals surface area contributed by atoms with Crippen molar-refractivity contribution >= 4 is 40.4 Å². The van der Waals surface area contributed by atoms with E-state index in [-0.39, 0.29) is 17.8 Å². The first-order chi connectivity index (χ1) is 14.4. The Labute approximate surface area is 174 Å². The maximum absolute atomic E-state index is 14.5. The maximum Gasteiger partial charge on any atom is 0.322 e. The van der Waals surface area contributed by atoms with Crippen molar-refractivity contribution < 1.29 is 14.0 Å². The molecule has 4 N–H and O–H groups in total. The molecule has 1 spiro atoms. The molecule has 0 aromatic carbocycles. The molecule has 2 fully saturated rings. The molecule has 154 valence electrons. The topological polar surface area (TPSA) is 125 Å². The monoisotopic (exact) mass is 429 g/mol. The average molecular weight is 430 g/mol. The summed E-state index contributed by atoms with van der Waals surface area (Å²) in [6.45, 7) is 0. The van der Waals surface area contributed by atoms with Gasteiger partial charge in [-0.1, -0.05) is 11.6 Å². The first-order valence-corrected chi connectivity index (χ1v) is 9.87. The summed E-state index contributed by atoms with van der Waals surface area (Å²) in [6, 6.07) is 1.00. The van der Waals surface area contributed by atoms with Crippen LogP contribution in [-0.4, -0.2) is 43.5 Å². The first kappa shape index (κ1) is 18.7. The Balaban J connectivity index is 1.43. The number of carbonyl (C=O) groups excluding carboxylic acids is 2. The number of anilines is 1. The van der Waals surface area contributed by atoms with Gasteiger partial charge in [-0.05, 0) is 31.7 Å². The third-order valence-electron chi connectivity index (χ3n) is 5.59. The fourth-order valence-electron chi connectivity index (χ4n) is 4.20. The molecule has 3 amide bonds. The van der Waals surface area contributed by atoms with Crippen LogP contribution in [0.5, 0.6) is 0 Å². The van der Waals surface area contributed by atoms with E-state index in [1.165, 1.54) is 6.20 Å². The van der Waals surface area contributed by atoms with Crippen molar-refractivity contribution in [1.29, 1.82) is 0 Å². The zero-order valence-corrected chi connectivity index (χ0v) is 16.4. The van der Waals surface area contributed by atoms with Crippen LogP contribution in [0.2, 0.25) is 5.02 Å². The number of rotatable bonds is 3. The van der Waals surface area contributed by atoms with Crippen molar-refractivity contribution in [3.63, 3.8) is 0 Å². The smallest absolute Gasteiger partial charge is 0.322 e. The van der Waals surface area contributed by atoms with Crippen LogP contribution in [0.4, 0.5) is 15.0 Å². The Hall–Kier alpha value is -3.27. The van der Waals surface area contributed by atoms with Gasteiger partial charge in [0.15, 0.2) is 17.5 Å². The number of hydrogen-bond donors (Lipinski definition) is 4. The zero-order valence-electron chi connectivity index (χ0n) is 15.6. The highest BCUT2D eigenvalue weighted by atomic mass is 35.5. The maximum atomic E-state index is 14.5. The molecule has 11 heteroatoms. The number of nitrogens with zero attached hydrogens (tertiary/aromatic N) is 3. The van der Waals surface area contributed by atoms with Gasteiger partial charge in [0.25, 0.3) is 5.91 Å². The highest BCUT2D eigenvalue weighted by molar-refractivity contribution is 6.31. The number of imide groups is 1. The van der Waals surface area contributed by atoms with Crippen LogP contribution >= 0.6 is 11.6 Å². The predicted octanol–water partition coefficient (Wildman–Crippen LogP) is 2.75. The summed E-state index contributed by atoms with van der Waals surface area (Å²) >= 11 is 6.05. The first-order valence-electron chi connectivity index (χ1n) is 9.49. The molecule has 3 aromatic rings. The lowest BCUT2D eigenvalue weighted by Crippen LogP contribution is -2.52. The summed E-state index contributed by atoms with van der Waals surface area (Å²) in [4.78, 5) is 39.5. The van der Waals surface area contributed by atoms with Crippen LogP contribution in [0.15, 0.2) is 24.7 Å². The number of H-pyrrole nitrogens is 1. The Bertz CT molecular complexity index is 1180. The van der Waals surface area contributed by atoms with Crippen molar-refractivity contribution in [1.82, 2.24) is 30.6 Å². The Morgan fingerprint density at radius 3 is 2.93 bits per heavy atom. The van der Waals surface area contributed by atoms with Crippen LogP contribution in [0, 0.1) is 5.82 Å². The molecule has 9 nitrogen and oxygen atoms in total. The van der Waals surface area contributed by atoms with Gasteiger partial charge in [0.05, 0.1) is 11.2 Å². The van der Waals surface area contributed by atoms with Crippen molar-refractivity contribution in [2.75, 3.05) is 5.32 Å². The van der Waals surface area contributed by atoms with Crippen LogP contribution < -0.4 is 16.0 Å². The lowest BCUT2D eigenvalue weighted by atomic mass is 9.79. The average Bonchev–Trinajstić information content (AvgIpc) is 3.24. The number of nitrogens with one attached hydrogen (secondary N) is 4. The number of aromatic amines is 1. The minimum absolute atomic E-state index is 0.0381. The molecule has 1 saturated heterocycles. The minimum atomic E-state index is -0.960. The third kappa shape index (κ3) is 3.13. The molecule has 3 aromatic heterocycles. The summed E-state index contributed by atoms with van der Waals surface area (Å²) in [6.07, 6.45) is 6.63. The molecule has 0 radical (unpaired) electrons. The highest BCUT2D eigenvalue weighted by Crippen LogP contribution is 2.33. The summed E-state index contributed by atoms with van der Waals surface area (Å²) in [5.41, 5.74) is 0.304. The van der Waals surface area contributed by atoms with E-state index < -0.39 is 17.4 Å². The van der Waals surface area contributed by atoms with Crippen LogP contribution in [0.3, 0.4) is 0 Å². The Morgan fingerprint density at radius 2 is 2.13 bits per heavy atom. The van der Waals surface area contributed by atoms with E-state index in [4.69, 9.17) is 11.6 Å². The normalized spacial score (nSPS) is 23.6. The number of pyridine rings is 1. The standard InChI is InChI=1S/C19H17ClFN7O2/c20-9-4-11-12(7-23-14(11)22-6-9)15-24-8-13(21)16(26-15)25-10-2-1-3-19(5-10)17(29)27-18(30)28-19/h4,6-8,10H,1-3,5H2,(H,22,23)(H,24,25,26)(H2,27,28,29,30)/t10-,19+/m0/s1. The van der Waals surface area contributed by atoms with E-state index in [0.29, 0.717) is 41.3 Å². The van der Waals surface area contributed by atoms with E-state index in [1.807, 2.05) is 0 Å². The third-order valence-corrected chi connectivity index (χ3v) is 5.80. The predicted molar refractivity (Wildman–Crippen MR) is 107 cm³/mol. The molecule has 5 rings (SSSR count). The Kier molecular flexibility index (Phi) is 4.31. The molecule has 1 aliphatic carbocycles. The molecule has 30 heavy (non-hydrogen) atoms. The number of fused-ring (bicyclic) bond motifs is 1. The minimum Gasteiger partial charge on any atom is -0.365 e. The fraction of sp³-hybridized carbons (Fsp3) is 0.316. The van der Waals surface area contributed by atoms with E-state index in [9.17, 15) is 14.0 Å². The number of carbonyl (C=O) groups is 2. The van der Waals surface area contributed by atoms with E-state index in [2.05, 4.69) is 35.9 Å². The van der Waals surface area contributed by atoms with Gasteiger partial charge in [0, 0.05) is 29.4 Å². The van der Waals surface area contributed by atoms with Crippen LogP contribution in [0.25, 0.3) is 22.4 Å². The van der Waals surface area contributed by atoms with Gasteiger partial charge in [-0.25, -0.2) is 24.1 Å². The van der Waals surface area contributed by atoms with Crippen LogP contribution in [-0.2, 0) is 4.79 Å². The number of amides is 3. The molecule has 0 bridgehead atoms. The second kappa shape index (κ2) is 6.91. The molecular weight excluding hydrogens is 413 g/mol. The summed E-state index contributed by atoms with van der Waals surface area (Å²) < 4.78 is 14.5. The fourth-order valence-corrected chi connectivity index (χ4v) is 4.36. The quantitative estimate of drug-likeness (QED) is 0.474. The van der Waals surface area contributed by atoms with E-state index in [0.717, 1.165) is 18.0 Å². The van der Waals surface area contributed by atoms with Gasteiger partial charge < -0.3 is 15.6 Å².